The summed E-state index contributed by atoms with van der Waals surface area (Å²) in [5.41, 5.74) is 1.65. The Kier molecular flexibility index (Phi) is 6.53. The van der Waals surface area contributed by atoms with Crippen molar-refractivity contribution in [3.05, 3.63) is 71.0 Å². The van der Waals surface area contributed by atoms with Crippen molar-refractivity contribution in [3.8, 4) is 6.07 Å². The quantitative estimate of drug-likeness (QED) is 0.788. The highest BCUT2D eigenvalue weighted by Crippen LogP contribution is 2.13. The number of hydrogen-bond acceptors (Lipinski definition) is 4. The van der Waals surface area contributed by atoms with Gasteiger partial charge in [-0.3, -0.25) is 9.69 Å². The average molecular weight is 367 g/mol. The van der Waals surface area contributed by atoms with Gasteiger partial charge in [0, 0.05) is 38.3 Å². The van der Waals surface area contributed by atoms with Crippen molar-refractivity contribution in [1.29, 1.82) is 5.26 Å². The number of carbonyl (C=O) groups excluding carboxylic acids is 1. The van der Waals surface area contributed by atoms with Crippen LogP contribution in [0.5, 0.6) is 0 Å². The maximum Gasteiger partial charge on any atom is 0.254 e. The molecule has 1 fully saturated rings. The number of halogens is 1. The van der Waals surface area contributed by atoms with Gasteiger partial charge in [0.15, 0.2) is 0 Å². The Morgan fingerprint density at radius 3 is 2.70 bits per heavy atom. The van der Waals surface area contributed by atoms with E-state index in [9.17, 15) is 9.18 Å². The number of benzene rings is 2. The van der Waals surface area contributed by atoms with Gasteiger partial charge in [-0.2, -0.15) is 5.26 Å². The minimum atomic E-state index is -0.320. The van der Waals surface area contributed by atoms with Crippen molar-refractivity contribution in [1.82, 2.24) is 9.80 Å². The first-order valence-corrected chi connectivity index (χ1v) is 9.00. The summed E-state index contributed by atoms with van der Waals surface area (Å²) >= 11 is 0. The van der Waals surface area contributed by atoms with E-state index in [4.69, 9.17) is 10.00 Å². The van der Waals surface area contributed by atoms with Gasteiger partial charge in [0.25, 0.3) is 5.91 Å². The predicted molar refractivity (Wildman–Crippen MR) is 99.6 cm³/mol. The molecule has 1 heterocycles. The normalized spacial score (nSPS) is 14.5. The van der Waals surface area contributed by atoms with E-state index in [0.717, 1.165) is 25.2 Å². The third-order valence-corrected chi connectivity index (χ3v) is 4.58. The first-order valence-electron chi connectivity index (χ1n) is 9.00. The molecule has 1 aliphatic heterocycles. The van der Waals surface area contributed by atoms with E-state index in [-0.39, 0.29) is 11.7 Å². The molecule has 2 aromatic carbocycles. The zero-order chi connectivity index (χ0) is 19.1. The first-order chi connectivity index (χ1) is 13.2. The molecule has 2 aromatic rings. The molecular weight excluding hydrogens is 345 g/mol. The highest BCUT2D eigenvalue weighted by molar-refractivity contribution is 5.94. The fourth-order valence-electron chi connectivity index (χ4n) is 3.10. The second-order valence-corrected chi connectivity index (χ2v) is 6.50. The van der Waals surface area contributed by atoms with Crippen LogP contribution in [0.25, 0.3) is 0 Å². The number of hydrogen-bond donors (Lipinski definition) is 0. The molecule has 140 valence electrons. The number of nitriles is 1. The summed E-state index contributed by atoms with van der Waals surface area (Å²) in [7, 11) is 0. The number of morpholine rings is 1. The summed E-state index contributed by atoms with van der Waals surface area (Å²) in [5.74, 6) is -0.482. The van der Waals surface area contributed by atoms with E-state index >= 15 is 0 Å². The molecule has 0 bridgehead atoms. The molecule has 0 aromatic heterocycles. The highest BCUT2D eigenvalue weighted by Gasteiger charge is 2.19. The lowest BCUT2D eigenvalue weighted by Gasteiger charge is -2.30. The van der Waals surface area contributed by atoms with E-state index in [0.29, 0.717) is 37.4 Å². The smallest absolute Gasteiger partial charge is 0.254 e. The lowest BCUT2D eigenvalue weighted by molar-refractivity contribution is 0.0320. The topological polar surface area (TPSA) is 56.6 Å². The van der Waals surface area contributed by atoms with Gasteiger partial charge in [-0.15, -0.1) is 0 Å². The zero-order valence-electron chi connectivity index (χ0n) is 15.1. The minimum absolute atomic E-state index is 0.162. The Labute approximate surface area is 158 Å². The third-order valence-electron chi connectivity index (χ3n) is 4.58. The summed E-state index contributed by atoms with van der Waals surface area (Å²) < 4.78 is 18.9. The molecule has 0 radical (unpaired) electrons. The van der Waals surface area contributed by atoms with Crippen LogP contribution in [-0.2, 0) is 11.3 Å². The van der Waals surface area contributed by atoms with Gasteiger partial charge in [-0.05, 0) is 35.9 Å². The summed E-state index contributed by atoms with van der Waals surface area (Å²) in [6.07, 6.45) is 0. The van der Waals surface area contributed by atoms with Crippen molar-refractivity contribution in [2.45, 2.75) is 6.54 Å². The number of nitrogens with zero attached hydrogens (tertiary/aromatic N) is 3. The van der Waals surface area contributed by atoms with Gasteiger partial charge in [-0.1, -0.05) is 18.2 Å². The maximum absolute atomic E-state index is 13.6. The molecule has 0 atom stereocenters. The second-order valence-electron chi connectivity index (χ2n) is 6.50. The molecule has 0 N–H and O–H groups in total. The fourth-order valence-corrected chi connectivity index (χ4v) is 3.10. The summed E-state index contributed by atoms with van der Waals surface area (Å²) in [5, 5.41) is 9.09. The van der Waals surface area contributed by atoms with Crippen LogP contribution in [0, 0.1) is 17.1 Å². The Morgan fingerprint density at radius 1 is 1.19 bits per heavy atom. The van der Waals surface area contributed by atoms with Crippen molar-refractivity contribution < 1.29 is 13.9 Å². The molecule has 3 rings (SSSR count). The highest BCUT2D eigenvalue weighted by atomic mass is 19.1. The van der Waals surface area contributed by atoms with Crippen LogP contribution >= 0.6 is 0 Å². The predicted octanol–water partition coefficient (Wildman–Crippen LogP) is 2.67. The van der Waals surface area contributed by atoms with Crippen molar-refractivity contribution >= 4 is 5.91 Å². The Morgan fingerprint density at radius 2 is 1.96 bits per heavy atom. The standard InChI is InChI=1S/C21H22FN3O2/c22-20-6-2-4-18(14-20)16-25(8-7-24-9-11-27-12-10-24)21(26)19-5-1-3-17(13-19)15-23/h1-6,13-14H,7-12,16H2. The summed E-state index contributed by atoms with van der Waals surface area (Å²) in [6.45, 7) is 4.63. The average Bonchev–Trinajstić information content (AvgIpc) is 2.71. The van der Waals surface area contributed by atoms with Crippen LogP contribution in [-0.4, -0.2) is 55.1 Å². The molecule has 0 saturated carbocycles. The molecule has 1 amide bonds. The molecule has 0 spiro atoms. The van der Waals surface area contributed by atoms with Crippen molar-refractivity contribution in [2.24, 2.45) is 0 Å². The van der Waals surface area contributed by atoms with E-state index < -0.39 is 0 Å². The summed E-state index contributed by atoms with van der Waals surface area (Å²) in [4.78, 5) is 17.0. The molecular formula is C21H22FN3O2. The van der Waals surface area contributed by atoms with Crippen molar-refractivity contribution in [3.63, 3.8) is 0 Å². The lowest BCUT2D eigenvalue weighted by atomic mass is 10.1. The van der Waals surface area contributed by atoms with Gasteiger partial charge < -0.3 is 9.64 Å². The molecule has 1 saturated heterocycles. The van der Waals surface area contributed by atoms with Gasteiger partial charge in [0.1, 0.15) is 5.82 Å². The molecule has 1 aliphatic rings. The van der Waals surface area contributed by atoms with E-state index in [1.807, 2.05) is 6.07 Å². The molecule has 0 unspecified atom stereocenters. The lowest BCUT2D eigenvalue weighted by Crippen LogP contribution is -2.42. The molecule has 5 nitrogen and oxygen atoms in total. The Bertz CT molecular complexity index is 828. The maximum atomic E-state index is 13.6. The number of ether oxygens (including phenoxy) is 1. The number of rotatable bonds is 6. The van der Waals surface area contributed by atoms with Crippen LogP contribution in [0.3, 0.4) is 0 Å². The van der Waals surface area contributed by atoms with Crippen LogP contribution in [0.15, 0.2) is 48.5 Å². The van der Waals surface area contributed by atoms with Gasteiger partial charge >= 0.3 is 0 Å². The first kappa shape index (κ1) is 19.0. The van der Waals surface area contributed by atoms with Crippen LogP contribution in [0.2, 0.25) is 0 Å². The zero-order valence-corrected chi connectivity index (χ0v) is 15.1. The molecule has 27 heavy (non-hydrogen) atoms. The number of amides is 1. The summed E-state index contributed by atoms with van der Waals surface area (Å²) in [6, 6.07) is 15.0. The Balaban J connectivity index is 1.76. The van der Waals surface area contributed by atoms with E-state index in [1.54, 1.807) is 35.2 Å². The van der Waals surface area contributed by atoms with Gasteiger partial charge in [-0.25, -0.2) is 4.39 Å². The Hall–Kier alpha value is -2.75. The molecule has 0 aliphatic carbocycles. The second kappa shape index (κ2) is 9.26. The van der Waals surface area contributed by atoms with Crippen LogP contribution in [0.1, 0.15) is 21.5 Å². The molecule has 6 heteroatoms. The van der Waals surface area contributed by atoms with Crippen LogP contribution < -0.4 is 0 Å². The minimum Gasteiger partial charge on any atom is -0.379 e. The fraction of sp³-hybridized carbons (Fsp3) is 0.333. The van der Waals surface area contributed by atoms with E-state index in [1.165, 1.54) is 12.1 Å². The van der Waals surface area contributed by atoms with Gasteiger partial charge in [0.2, 0.25) is 0 Å². The number of carbonyl (C=O) groups is 1. The van der Waals surface area contributed by atoms with Crippen molar-refractivity contribution in [2.75, 3.05) is 39.4 Å². The van der Waals surface area contributed by atoms with Gasteiger partial charge in [0.05, 0.1) is 24.8 Å². The largest absolute Gasteiger partial charge is 0.379 e. The SMILES string of the molecule is N#Cc1cccc(C(=O)N(CCN2CCOCC2)Cc2cccc(F)c2)c1. The third kappa shape index (κ3) is 5.36. The van der Waals surface area contributed by atoms with Crippen LogP contribution in [0.4, 0.5) is 4.39 Å². The monoisotopic (exact) mass is 367 g/mol. The van der Waals surface area contributed by atoms with E-state index in [2.05, 4.69) is 11.0 Å².